The summed E-state index contributed by atoms with van der Waals surface area (Å²) in [5.41, 5.74) is 5.25. The Balaban J connectivity index is 3.89. The van der Waals surface area contributed by atoms with Crippen LogP contribution in [0.25, 0.3) is 0 Å². The molecule has 0 aliphatic heterocycles. The first-order valence-electron chi connectivity index (χ1n) is 17.6. The highest BCUT2D eigenvalue weighted by Crippen LogP contribution is 2.43. The number of nitrogens with two attached hydrogens (primary N) is 1. The molecule has 0 amide bonds. The van der Waals surface area contributed by atoms with Crippen LogP contribution in [-0.2, 0) is 37.5 Å². The molecule has 1 unspecified atom stereocenters. The smallest absolute Gasteiger partial charge is 0.472 e. The molecule has 0 aliphatic rings. The van der Waals surface area contributed by atoms with Crippen molar-refractivity contribution in [2.75, 3.05) is 19.8 Å². The first-order chi connectivity index (χ1) is 21.6. The third kappa shape index (κ3) is 29.6. The Morgan fingerprint density at radius 1 is 0.600 bits per heavy atom. The summed E-state index contributed by atoms with van der Waals surface area (Å²) in [6, 6.07) is -1.51. The van der Waals surface area contributed by atoms with E-state index in [1.165, 1.54) is 103 Å². The van der Waals surface area contributed by atoms with Crippen molar-refractivity contribution >= 4 is 25.7 Å². The fourth-order valence-electron chi connectivity index (χ4n) is 4.81. The first-order valence-corrected chi connectivity index (χ1v) is 19.1. The van der Waals surface area contributed by atoms with Gasteiger partial charge in [0.15, 0.2) is 6.10 Å². The summed E-state index contributed by atoms with van der Waals surface area (Å²) >= 11 is 0. The molecule has 4 N–H and O–H groups in total. The van der Waals surface area contributed by atoms with Crippen molar-refractivity contribution in [3.05, 3.63) is 0 Å². The number of ether oxygens (including phenoxy) is 2. The lowest BCUT2D eigenvalue weighted by molar-refractivity contribution is -0.161. The normalized spacial score (nSPS) is 14.0. The number of phosphoric ester groups is 1. The highest BCUT2D eigenvalue weighted by atomic mass is 31.2. The zero-order chi connectivity index (χ0) is 33.6. The molecule has 12 heteroatoms. The predicted octanol–water partition coefficient (Wildman–Crippen LogP) is 8.00. The SMILES string of the molecule is CCCCCCCCCCCCCCCCCCCCCCC(=O)OC[C@H](COP(=O)(O)OC[C@H](N)C(=O)O)OC(=O)CCC. The van der Waals surface area contributed by atoms with Crippen molar-refractivity contribution in [2.24, 2.45) is 5.73 Å². The summed E-state index contributed by atoms with van der Waals surface area (Å²) in [6.07, 6.45) is 25.3. The quantitative estimate of drug-likeness (QED) is 0.0352. The lowest BCUT2D eigenvalue weighted by Crippen LogP contribution is -2.34. The highest BCUT2D eigenvalue weighted by molar-refractivity contribution is 7.47. The van der Waals surface area contributed by atoms with Crippen LogP contribution in [0.15, 0.2) is 0 Å². The number of rotatable bonds is 33. The Kier molecular flexibility index (Phi) is 28.8. The number of esters is 2. The van der Waals surface area contributed by atoms with Crippen molar-refractivity contribution in [3.63, 3.8) is 0 Å². The maximum Gasteiger partial charge on any atom is 0.472 e. The minimum absolute atomic E-state index is 0.116. The predicted molar refractivity (Wildman–Crippen MR) is 176 cm³/mol. The number of aliphatic carboxylic acids is 1. The fourth-order valence-corrected chi connectivity index (χ4v) is 5.59. The molecule has 0 aromatic carbocycles. The molecule has 11 nitrogen and oxygen atoms in total. The lowest BCUT2D eigenvalue weighted by Gasteiger charge is -2.20. The second-order valence-electron chi connectivity index (χ2n) is 12.0. The van der Waals surface area contributed by atoms with Crippen LogP contribution in [0.4, 0.5) is 0 Å². The van der Waals surface area contributed by atoms with Gasteiger partial charge in [-0.15, -0.1) is 0 Å². The number of carbonyl (C=O) groups is 3. The molecule has 0 rings (SSSR count). The third-order valence-corrected chi connectivity index (χ3v) is 8.53. The molecule has 0 spiro atoms. The van der Waals surface area contributed by atoms with E-state index < -0.39 is 51.1 Å². The Morgan fingerprint density at radius 2 is 1.02 bits per heavy atom. The number of unbranched alkanes of at least 4 members (excludes halogenated alkanes) is 19. The molecule has 0 saturated carbocycles. The Morgan fingerprint density at radius 3 is 1.44 bits per heavy atom. The van der Waals surface area contributed by atoms with E-state index in [-0.39, 0.29) is 19.4 Å². The van der Waals surface area contributed by atoms with E-state index in [2.05, 4.69) is 11.4 Å². The number of phosphoric acid groups is 1. The van der Waals surface area contributed by atoms with Crippen molar-refractivity contribution in [1.29, 1.82) is 0 Å². The van der Waals surface area contributed by atoms with Crippen molar-refractivity contribution in [3.8, 4) is 0 Å². The van der Waals surface area contributed by atoms with E-state index in [0.29, 0.717) is 12.8 Å². The summed E-state index contributed by atoms with van der Waals surface area (Å²) in [4.78, 5) is 44.6. The van der Waals surface area contributed by atoms with E-state index in [9.17, 15) is 23.8 Å². The number of carboxylic acid groups (broad SMARTS) is 1. The molecule has 0 bridgehead atoms. The fraction of sp³-hybridized carbons (Fsp3) is 0.909. The molecule has 0 radical (unpaired) electrons. The molecular formula is C33H64NO10P. The van der Waals surface area contributed by atoms with Gasteiger partial charge >= 0.3 is 25.7 Å². The van der Waals surface area contributed by atoms with Gasteiger partial charge in [-0.05, 0) is 12.8 Å². The van der Waals surface area contributed by atoms with Gasteiger partial charge in [0.25, 0.3) is 0 Å². The molecule has 0 fully saturated rings. The van der Waals surface area contributed by atoms with Gasteiger partial charge in [-0.3, -0.25) is 23.4 Å². The van der Waals surface area contributed by atoms with Gasteiger partial charge in [0.1, 0.15) is 12.6 Å². The van der Waals surface area contributed by atoms with Crippen LogP contribution in [-0.4, -0.2) is 59.9 Å². The monoisotopic (exact) mass is 665 g/mol. The Labute approximate surface area is 272 Å². The van der Waals surface area contributed by atoms with Crippen molar-refractivity contribution < 1.29 is 47.5 Å². The first kappa shape index (κ1) is 43.5. The lowest BCUT2D eigenvalue weighted by atomic mass is 10.0. The number of carbonyl (C=O) groups excluding carboxylic acids is 2. The number of hydrogen-bond donors (Lipinski definition) is 3. The Hall–Kier alpha value is -1.52. The largest absolute Gasteiger partial charge is 0.480 e. The average Bonchev–Trinajstić information content (AvgIpc) is 3.00. The zero-order valence-corrected chi connectivity index (χ0v) is 29.1. The number of hydrogen-bond acceptors (Lipinski definition) is 9. The van der Waals surface area contributed by atoms with Crippen molar-refractivity contribution in [1.82, 2.24) is 0 Å². The van der Waals surface area contributed by atoms with Crippen LogP contribution >= 0.6 is 7.82 Å². The standard InChI is InChI=1S/C33H64NO10P/c1-3-5-6-7-8-9-10-11-12-13-14-15-16-17-18-19-20-21-22-23-25-31(35)41-26-29(44-32(36)24-4-2)27-42-45(39,40)43-28-30(34)33(37)38/h29-30H,3-28,34H2,1-2H3,(H,37,38)(H,39,40)/t29-,30+/m1/s1. The molecule has 3 atom stereocenters. The second kappa shape index (κ2) is 29.9. The maximum atomic E-state index is 12.2. The molecular weight excluding hydrogens is 601 g/mol. The van der Waals surface area contributed by atoms with Gasteiger partial charge < -0.3 is 25.2 Å². The van der Waals surface area contributed by atoms with Crippen LogP contribution in [0.3, 0.4) is 0 Å². The summed E-state index contributed by atoms with van der Waals surface area (Å²) in [5.74, 6) is -2.43. The van der Waals surface area contributed by atoms with E-state index in [0.717, 1.165) is 19.3 Å². The third-order valence-electron chi connectivity index (χ3n) is 7.57. The van der Waals surface area contributed by atoms with Gasteiger partial charge in [0.05, 0.1) is 13.2 Å². The molecule has 0 saturated heterocycles. The van der Waals surface area contributed by atoms with Crippen LogP contribution in [0.2, 0.25) is 0 Å². The van der Waals surface area contributed by atoms with Gasteiger partial charge in [-0.2, -0.15) is 0 Å². The van der Waals surface area contributed by atoms with E-state index >= 15 is 0 Å². The highest BCUT2D eigenvalue weighted by Gasteiger charge is 2.28. The van der Waals surface area contributed by atoms with Gasteiger partial charge in [-0.25, -0.2) is 4.57 Å². The molecule has 0 aliphatic carbocycles. The number of carboxylic acids is 1. The van der Waals surface area contributed by atoms with Crippen LogP contribution in [0.5, 0.6) is 0 Å². The van der Waals surface area contributed by atoms with E-state index in [1.54, 1.807) is 6.92 Å². The second-order valence-corrected chi connectivity index (χ2v) is 13.5. The van der Waals surface area contributed by atoms with E-state index in [4.69, 9.17) is 24.8 Å². The summed E-state index contributed by atoms with van der Waals surface area (Å²) in [5, 5.41) is 8.75. The summed E-state index contributed by atoms with van der Waals surface area (Å²) < 4.78 is 31.8. The van der Waals surface area contributed by atoms with Crippen LogP contribution < -0.4 is 5.73 Å². The minimum Gasteiger partial charge on any atom is -0.480 e. The molecule has 0 aromatic rings. The molecule has 266 valence electrons. The Bertz CT molecular complexity index is 797. The molecule has 45 heavy (non-hydrogen) atoms. The maximum absolute atomic E-state index is 12.2. The summed E-state index contributed by atoms with van der Waals surface area (Å²) in [6.45, 7) is 2.37. The minimum atomic E-state index is -4.67. The van der Waals surface area contributed by atoms with Crippen LogP contribution in [0, 0.1) is 0 Å². The molecule has 0 aromatic heterocycles. The average molecular weight is 666 g/mol. The molecule has 0 heterocycles. The zero-order valence-electron chi connectivity index (χ0n) is 28.2. The summed E-state index contributed by atoms with van der Waals surface area (Å²) in [7, 11) is -4.67. The van der Waals surface area contributed by atoms with Gasteiger partial charge in [0, 0.05) is 12.8 Å². The van der Waals surface area contributed by atoms with Gasteiger partial charge in [0.2, 0.25) is 0 Å². The van der Waals surface area contributed by atoms with Crippen molar-refractivity contribution in [2.45, 2.75) is 174 Å². The van der Waals surface area contributed by atoms with Gasteiger partial charge in [-0.1, -0.05) is 136 Å². The topological polar surface area (TPSA) is 172 Å². The van der Waals surface area contributed by atoms with E-state index in [1.807, 2.05) is 0 Å². The van der Waals surface area contributed by atoms with Crippen LogP contribution in [0.1, 0.15) is 162 Å².